The molecule has 0 atom stereocenters. The quantitative estimate of drug-likeness (QED) is 0.756. The molecule has 2 aromatic carbocycles. The molecule has 0 bridgehead atoms. The molecular formula is C16H14FN3S. The zero-order valence-electron chi connectivity index (χ0n) is 11.5. The third-order valence-corrected chi connectivity index (χ3v) is 3.73. The maximum Gasteiger partial charge on any atom is 0.123 e. The summed E-state index contributed by atoms with van der Waals surface area (Å²) in [6, 6.07) is 12.4. The number of fused-ring (bicyclic) bond motifs is 1. The number of halogens is 1. The van der Waals surface area contributed by atoms with Gasteiger partial charge in [0.1, 0.15) is 16.6 Å². The smallest absolute Gasteiger partial charge is 0.123 e. The van der Waals surface area contributed by atoms with Crippen molar-refractivity contribution in [2.24, 2.45) is 5.73 Å². The Labute approximate surface area is 127 Å². The first-order chi connectivity index (χ1) is 10.1. The molecule has 5 heteroatoms. The molecule has 0 amide bonds. The minimum atomic E-state index is -0.339. The van der Waals surface area contributed by atoms with Crippen LogP contribution in [0, 0.1) is 12.7 Å². The minimum Gasteiger partial charge on any atom is -0.389 e. The van der Waals surface area contributed by atoms with Gasteiger partial charge in [-0.3, -0.25) is 0 Å². The fourth-order valence-corrected chi connectivity index (χ4v) is 2.67. The second-order valence-electron chi connectivity index (χ2n) is 4.90. The zero-order chi connectivity index (χ0) is 15.0. The monoisotopic (exact) mass is 299 g/mol. The van der Waals surface area contributed by atoms with Crippen LogP contribution in [0.5, 0.6) is 0 Å². The predicted octanol–water partition coefficient (Wildman–Crippen LogP) is 3.17. The van der Waals surface area contributed by atoms with E-state index in [4.69, 9.17) is 18.0 Å². The lowest BCUT2D eigenvalue weighted by molar-refractivity contribution is 0.626. The SMILES string of the molecule is Cc1nc2ccccc2n1Cc1ccc(F)cc1C(N)=S. The van der Waals surface area contributed by atoms with Crippen molar-refractivity contribution in [1.82, 2.24) is 9.55 Å². The Morgan fingerprint density at radius 3 is 2.81 bits per heavy atom. The lowest BCUT2D eigenvalue weighted by Gasteiger charge is -2.11. The number of thiocarbonyl (C=S) groups is 1. The lowest BCUT2D eigenvalue weighted by atomic mass is 10.1. The second kappa shape index (κ2) is 5.26. The van der Waals surface area contributed by atoms with Crippen LogP contribution in [0.2, 0.25) is 0 Å². The molecule has 0 aliphatic carbocycles. The van der Waals surface area contributed by atoms with Crippen LogP contribution in [-0.2, 0) is 6.54 Å². The molecule has 0 radical (unpaired) electrons. The van der Waals surface area contributed by atoms with Crippen LogP contribution in [0.4, 0.5) is 4.39 Å². The second-order valence-corrected chi connectivity index (χ2v) is 5.34. The van der Waals surface area contributed by atoms with Gasteiger partial charge in [-0.05, 0) is 36.8 Å². The van der Waals surface area contributed by atoms with Gasteiger partial charge < -0.3 is 10.3 Å². The Hall–Kier alpha value is -2.27. The number of nitrogens with zero attached hydrogens (tertiary/aromatic N) is 2. The fraction of sp³-hybridized carbons (Fsp3) is 0.125. The van der Waals surface area contributed by atoms with Crippen molar-refractivity contribution in [2.75, 3.05) is 0 Å². The van der Waals surface area contributed by atoms with E-state index in [-0.39, 0.29) is 10.8 Å². The fourth-order valence-electron chi connectivity index (χ4n) is 2.48. The van der Waals surface area contributed by atoms with Crippen LogP contribution in [-0.4, -0.2) is 14.5 Å². The highest BCUT2D eigenvalue weighted by molar-refractivity contribution is 7.80. The molecular weight excluding hydrogens is 285 g/mol. The maximum atomic E-state index is 13.4. The molecule has 0 spiro atoms. The summed E-state index contributed by atoms with van der Waals surface area (Å²) in [5.74, 6) is 0.558. The number of hydrogen-bond donors (Lipinski definition) is 1. The van der Waals surface area contributed by atoms with E-state index >= 15 is 0 Å². The summed E-state index contributed by atoms with van der Waals surface area (Å²) in [5.41, 5.74) is 9.13. The molecule has 0 unspecified atom stereocenters. The van der Waals surface area contributed by atoms with Crippen LogP contribution in [0.3, 0.4) is 0 Å². The van der Waals surface area contributed by atoms with Gasteiger partial charge in [0.15, 0.2) is 0 Å². The van der Waals surface area contributed by atoms with Crippen LogP contribution < -0.4 is 5.73 Å². The molecule has 106 valence electrons. The van der Waals surface area contributed by atoms with Crippen LogP contribution in [0.15, 0.2) is 42.5 Å². The number of aryl methyl sites for hydroxylation is 1. The molecule has 1 heterocycles. The van der Waals surface area contributed by atoms with E-state index in [9.17, 15) is 4.39 Å². The molecule has 0 saturated heterocycles. The molecule has 3 nitrogen and oxygen atoms in total. The molecule has 3 aromatic rings. The summed E-state index contributed by atoms with van der Waals surface area (Å²) >= 11 is 5.02. The van der Waals surface area contributed by atoms with E-state index in [0.717, 1.165) is 22.4 Å². The van der Waals surface area contributed by atoms with Crippen molar-refractivity contribution in [3.63, 3.8) is 0 Å². The summed E-state index contributed by atoms with van der Waals surface area (Å²) in [7, 11) is 0. The van der Waals surface area contributed by atoms with Gasteiger partial charge in [-0.25, -0.2) is 9.37 Å². The van der Waals surface area contributed by atoms with Gasteiger partial charge in [0.2, 0.25) is 0 Å². The summed E-state index contributed by atoms with van der Waals surface area (Å²) < 4.78 is 15.5. The summed E-state index contributed by atoms with van der Waals surface area (Å²) in [6.07, 6.45) is 0. The lowest BCUT2D eigenvalue weighted by Crippen LogP contribution is -2.15. The van der Waals surface area contributed by atoms with E-state index in [1.165, 1.54) is 12.1 Å². The number of imidazole rings is 1. The zero-order valence-corrected chi connectivity index (χ0v) is 12.3. The number of benzene rings is 2. The van der Waals surface area contributed by atoms with Crippen molar-refractivity contribution in [2.45, 2.75) is 13.5 Å². The highest BCUT2D eigenvalue weighted by Crippen LogP contribution is 2.19. The molecule has 2 N–H and O–H groups in total. The van der Waals surface area contributed by atoms with Gasteiger partial charge in [0.25, 0.3) is 0 Å². The first-order valence-electron chi connectivity index (χ1n) is 6.56. The Balaban J connectivity index is 2.11. The Morgan fingerprint density at radius 1 is 1.29 bits per heavy atom. The van der Waals surface area contributed by atoms with Gasteiger partial charge in [-0.15, -0.1) is 0 Å². The largest absolute Gasteiger partial charge is 0.389 e. The number of para-hydroxylation sites is 2. The van der Waals surface area contributed by atoms with Crippen molar-refractivity contribution in [1.29, 1.82) is 0 Å². The van der Waals surface area contributed by atoms with Gasteiger partial charge in [0.05, 0.1) is 17.6 Å². The van der Waals surface area contributed by atoms with Gasteiger partial charge in [-0.1, -0.05) is 30.4 Å². The highest BCUT2D eigenvalue weighted by Gasteiger charge is 2.11. The number of rotatable bonds is 3. The summed E-state index contributed by atoms with van der Waals surface area (Å²) in [5, 5.41) is 0. The maximum absolute atomic E-state index is 13.4. The summed E-state index contributed by atoms with van der Waals surface area (Å²) in [4.78, 5) is 4.73. The highest BCUT2D eigenvalue weighted by atomic mass is 32.1. The van der Waals surface area contributed by atoms with E-state index < -0.39 is 0 Å². The van der Waals surface area contributed by atoms with Crippen molar-refractivity contribution >= 4 is 28.2 Å². The average molecular weight is 299 g/mol. The van der Waals surface area contributed by atoms with E-state index in [0.29, 0.717) is 12.1 Å². The molecule has 1 aromatic heterocycles. The average Bonchev–Trinajstić information content (AvgIpc) is 2.77. The first-order valence-corrected chi connectivity index (χ1v) is 6.97. The van der Waals surface area contributed by atoms with Crippen molar-refractivity contribution < 1.29 is 4.39 Å². The third kappa shape index (κ3) is 2.52. The molecule has 21 heavy (non-hydrogen) atoms. The molecule has 3 rings (SSSR count). The van der Waals surface area contributed by atoms with Crippen LogP contribution in [0.1, 0.15) is 17.0 Å². The number of nitrogens with two attached hydrogens (primary N) is 1. The van der Waals surface area contributed by atoms with Crippen molar-refractivity contribution in [3.05, 3.63) is 65.2 Å². The number of hydrogen-bond acceptors (Lipinski definition) is 2. The molecule has 0 aliphatic heterocycles. The molecule has 0 aliphatic rings. The normalized spacial score (nSPS) is 11.0. The topological polar surface area (TPSA) is 43.8 Å². The third-order valence-electron chi connectivity index (χ3n) is 3.51. The van der Waals surface area contributed by atoms with Gasteiger partial charge >= 0.3 is 0 Å². The predicted molar refractivity (Wildman–Crippen MR) is 85.9 cm³/mol. The van der Waals surface area contributed by atoms with E-state index in [1.54, 1.807) is 6.07 Å². The Bertz CT molecular complexity index is 839. The van der Waals surface area contributed by atoms with Gasteiger partial charge in [0, 0.05) is 5.56 Å². The van der Waals surface area contributed by atoms with Crippen LogP contribution in [0.25, 0.3) is 11.0 Å². The first kappa shape index (κ1) is 13.7. The summed E-state index contributed by atoms with van der Waals surface area (Å²) in [6.45, 7) is 2.50. The van der Waals surface area contributed by atoms with E-state index in [2.05, 4.69) is 9.55 Å². The number of aromatic nitrogens is 2. The van der Waals surface area contributed by atoms with E-state index in [1.807, 2.05) is 31.2 Å². The Morgan fingerprint density at radius 2 is 2.05 bits per heavy atom. The van der Waals surface area contributed by atoms with Gasteiger partial charge in [-0.2, -0.15) is 0 Å². The molecule has 0 fully saturated rings. The minimum absolute atomic E-state index is 0.201. The standard InChI is InChI=1S/C16H14FN3S/c1-10-19-14-4-2-3-5-15(14)20(10)9-11-6-7-12(17)8-13(11)16(18)21/h2-8H,9H2,1H3,(H2,18,21). The Kier molecular flexibility index (Phi) is 3.43. The van der Waals surface area contributed by atoms with Crippen molar-refractivity contribution in [3.8, 4) is 0 Å². The van der Waals surface area contributed by atoms with Crippen LogP contribution >= 0.6 is 12.2 Å². The molecule has 0 saturated carbocycles.